The van der Waals surface area contributed by atoms with Gasteiger partial charge in [-0.3, -0.25) is 4.79 Å². The highest BCUT2D eigenvalue weighted by molar-refractivity contribution is 5.94. The minimum atomic E-state index is -0.565. The molecule has 0 bridgehead atoms. The summed E-state index contributed by atoms with van der Waals surface area (Å²) in [7, 11) is 0. The maximum atomic E-state index is 13.0. The molecule has 1 N–H and O–H groups in total. The summed E-state index contributed by atoms with van der Waals surface area (Å²) in [5.74, 6) is 0.749. The number of ether oxygens (including phenoxy) is 1. The molecule has 4 nitrogen and oxygen atoms in total. The van der Waals surface area contributed by atoms with Gasteiger partial charge in [0.1, 0.15) is 12.4 Å². The minimum Gasteiger partial charge on any atom is -0.491 e. The van der Waals surface area contributed by atoms with Crippen molar-refractivity contribution in [3.8, 4) is 5.75 Å². The number of aryl methyl sites for hydroxylation is 1. The quantitative estimate of drug-likeness (QED) is 0.617. The molecular weight excluding hydrogens is 386 g/mol. The van der Waals surface area contributed by atoms with Crippen LogP contribution in [0.25, 0.3) is 6.08 Å². The number of benzene rings is 3. The molecule has 1 heterocycles. The normalized spacial score (nSPS) is 14.2. The van der Waals surface area contributed by atoms with Crippen LogP contribution in [0, 0.1) is 0 Å². The highest BCUT2D eigenvalue weighted by Gasteiger charge is 2.22. The minimum absolute atomic E-state index is 0.0258. The van der Waals surface area contributed by atoms with Gasteiger partial charge in [-0.25, -0.2) is 0 Å². The van der Waals surface area contributed by atoms with E-state index in [-0.39, 0.29) is 5.91 Å². The summed E-state index contributed by atoms with van der Waals surface area (Å²) in [4.78, 5) is 14.8. The average molecular weight is 414 g/mol. The number of amides is 1. The van der Waals surface area contributed by atoms with Crippen molar-refractivity contribution in [3.05, 3.63) is 107 Å². The van der Waals surface area contributed by atoms with Gasteiger partial charge in [0.15, 0.2) is 0 Å². The van der Waals surface area contributed by atoms with E-state index in [1.165, 1.54) is 5.56 Å². The van der Waals surface area contributed by atoms with Gasteiger partial charge in [0.25, 0.3) is 5.91 Å². The number of aliphatic hydroxyl groups is 1. The molecule has 31 heavy (non-hydrogen) atoms. The number of carbonyl (C=O) groups is 1. The summed E-state index contributed by atoms with van der Waals surface area (Å²) in [5, 5.41) is 10.7. The van der Waals surface area contributed by atoms with Crippen LogP contribution in [-0.4, -0.2) is 29.1 Å². The van der Waals surface area contributed by atoms with Crippen LogP contribution in [-0.2, 0) is 13.0 Å². The molecule has 4 rings (SSSR count). The van der Waals surface area contributed by atoms with Crippen molar-refractivity contribution < 1.29 is 14.6 Å². The Kier molecular flexibility index (Phi) is 6.48. The van der Waals surface area contributed by atoms with E-state index in [2.05, 4.69) is 18.7 Å². The average Bonchev–Trinajstić information content (AvgIpc) is 3.04. The molecule has 1 aliphatic rings. The summed E-state index contributed by atoms with van der Waals surface area (Å²) in [6.45, 7) is 5.17. The molecule has 4 heteroatoms. The zero-order valence-electron chi connectivity index (χ0n) is 17.5. The van der Waals surface area contributed by atoms with Crippen molar-refractivity contribution in [2.75, 3.05) is 13.2 Å². The highest BCUT2D eigenvalue weighted by Crippen LogP contribution is 2.29. The Labute approximate surface area is 183 Å². The van der Waals surface area contributed by atoms with Crippen LogP contribution in [0.15, 0.2) is 79.4 Å². The first-order valence-electron chi connectivity index (χ1n) is 10.6. The molecule has 1 aliphatic heterocycles. The second kappa shape index (κ2) is 9.63. The predicted molar refractivity (Wildman–Crippen MR) is 123 cm³/mol. The molecule has 1 atom stereocenters. The SMILES string of the molecule is C=Cc1ccc(C(=O)N2CCOc3ccc([C@H](O)CCc4ccccc4)cc3C2)cc1. The molecule has 0 spiro atoms. The maximum absolute atomic E-state index is 13.0. The summed E-state index contributed by atoms with van der Waals surface area (Å²) in [6.07, 6.45) is 2.64. The number of fused-ring (bicyclic) bond motifs is 1. The topological polar surface area (TPSA) is 49.8 Å². The predicted octanol–water partition coefficient (Wildman–Crippen LogP) is 5.03. The fourth-order valence-corrected chi connectivity index (χ4v) is 3.85. The number of hydrogen-bond acceptors (Lipinski definition) is 3. The van der Waals surface area contributed by atoms with Crippen LogP contribution in [0.5, 0.6) is 5.75 Å². The Morgan fingerprint density at radius 3 is 2.61 bits per heavy atom. The van der Waals surface area contributed by atoms with Gasteiger partial charge in [-0.15, -0.1) is 0 Å². The zero-order chi connectivity index (χ0) is 21.6. The van der Waals surface area contributed by atoms with Crippen LogP contribution in [0.4, 0.5) is 0 Å². The number of hydrogen-bond donors (Lipinski definition) is 1. The van der Waals surface area contributed by atoms with Crippen LogP contribution in [0.1, 0.15) is 45.1 Å². The second-order valence-corrected chi connectivity index (χ2v) is 7.81. The van der Waals surface area contributed by atoms with Crippen LogP contribution in [0.3, 0.4) is 0 Å². The Morgan fingerprint density at radius 2 is 1.87 bits per heavy atom. The van der Waals surface area contributed by atoms with Gasteiger partial charge in [0, 0.05) is 17.7 Å². The van der Waals surface area contributed by atoms with Gasteiger partial charge in [-0.2, -0.15) is 0 Å². The highest BCUT2D eigenvalue weighted by atomic mass is 16.5. The number of nitrogens with zero attached hydrogens (tertiary/aromatic N) is 1. The van der Waals surface area contributed by atoms with Crippen molar-refractivity contribution in [3.63, 3.8) is 0 Å². The Bertz CT molecular complexity index is 1040. The lowest BCUT2D eigenvalue weighted by atomic mass is 9.99. The van der Waals surface area contributed by atoms with E-state index in [1.807, 2.05) is 60.7 Å². The second-order valence-electron chi connectivity index (χ2n) is 7.81. The smallest absolute Gasteiger partial charge is 0.254 e. The van der Waals surface area contributed by atoms with Gasteiger partial charge in [0.05, 0.1) is 12.6 Å². The fraction of sp³-hybridized carbons (Fsp3) is 0.222. The zero-order valence-corrected chi connectivity index (χ0v) is 17.5. The molecule has 0 unspecified atom stereocenters. The molecule has 0 fully saturated rings. The number of carbonyl (C=O) groups excluding carboxylic acids is 1. The Hall–Kier alpha value is -3.37. The van der Waals surface area contributed by atoms with E-state index in [1.54, 1.807) is 11.0 Å². The van der Waals surface area contributed by atoms with Crippen molar-refractivity contribution in [2.24, 2.45) is 0 Å². The maximum Gasteiger partial charge on any atom is 0.254 e. The molecule has 158 valence electrons. The van der Waals surface area contributed by atoms with E-state index in [0.29, 0.717) is 31.7 Å². The van der Waals surface area contributed by atoms with Gasteiger partial charge in [0.2, 0.25) is 0 Å². The van der Waals surface area contributed by atoms with E-state index >= 15 is 0 Å². The molecule has 0 radical (unpaired) electrons. The summed E-state index contributed by atoms with van der Waals surface area (Å²) in [6, 6.07) is 23.4. The van der Waals surface area contributed by atoms with Gasteiger partial charge in [-0.05, 0) is 53.8 Å². The van der Waals surface area contributed by atoms with Crippen LogP contribution in [0.2, 0.25) is 0 Å². The summed E-state index contributed by atoms with van der Waals surface area (Å²) >= 11 is 0. The molecule has 3 aromatic rings. The Balaban J connectivity index is 1.48. The lowest BCUT2D eigenvalue weighted by Gasteiger charge is -2.20. The molecule has 0 aromatic heterocycles. The first-order chi connectivity index (χ1) is 15.1. The molecule has 0 aliphatic carbocycles. The van der Waals surface area contributed by atoms with Crippen LogP contribution >= 0.6 is 0 Å². The van der Waals surface area contributed by atoms with Crippen molar-refractivity contribution in [1.82, 2.24) is 4.90 Å². The molecule has 0 saturated carbocycles. The fourth-order valence-electron chi connectivity index (χ4n) is 3.85. The standard InChI is InChI=1S/C27H27NO3/c1-2-20-8-11-22(12-9-20)27(30)28-16-17-31-26-15-13-23(18-24(26)19-28)25(29)14-10-21-6-4-3-5-7-21/h2-9,11-13,15,18,25,29H,1,10,14,16-17,19H2/t25-/m1/s1. The lowest BCUT2D eigenvalue weighted by Crippen LogP contribution is -2.32. The summed E-state index contributed by atoms with van der Waals surface area (Å²) in [5.41, 5.74) is 4.61. The third-order valence-electron chi connectivity index (χ3n) is 5.68. The van der Waals surface area contributed by atoms with E-state index in [0.717, 1.165) is 28.9 Å². The molecular formula is C27H27NO3. The first-order valence-corrected chi connectivity index (χ1v) is 10.6. The number of aliphatic hydroxyl groups excluding tert-OH is 1. The van der Waals surface area contributed by atoms with Crippen molar-refractivity contribution in [2.45, 2.75) is 25.5 Å². The van der Waals surface area contributed by atoms with E-state index < -0.39 is 6.10 Å². The van der Waals surface area contributed by atoms with Crippen molar-refractivity contribution in [1.29, 1.82) is 0 Å². The van der Waals surface area contributed by atoms with Crippen molar-refractivity contribution >= 4 is 12.0 Å². The lowest BCUT2D eigenvalue weighted by molar-refractivity contribution is 0.0733. The van der Waals surface area contributed by atoms with E-state index in [4.69, 9.17) is 4.74 Å². The van der Waals surface area contributed by atoms with Gasteiger partial charge < -0.3 is 14.7 Å². The largest absolute Gasteiger partial charge is 0.491 e. The molecule has 0 saturated heterocycles. The number of rotatable bonds is 6. The van der Waals surface area contributed by atoms with E-state index in [9.17, 15) is 9.90 Å². The van der Waals surface area contributed by atoms with Gasteiger partial charge >= 0.3 is 0 Å². The third-order valence-corrected chi connectivity index (χ3v) is 5.68. The van der Waals surface area contributed by atoms with Gasteiger partial charge in [-0.1, -0.05) is 61.2 Å². The monoisotopic (exact) mass is 413 g/mol. The van der Waals surface area contributed by atoms with Crippen LogP contribution < -0.4 is 4.74 Å². The first kappa shape index (κ1) is 20.9. The Morgan fingerprint density at radius 1 is 1.10 bits per heavy atom. The summed E-state index contributed by atoms with van der Waals surface area (Å²) < 4.78 is 5.88. The molecule has 3 aromatic carbocycles. The molecule has 1 amide bonds. The third kappa shape index (κ3) is 5.04.